The van der Waals surface area contributed by atoms with E-state index in [9.17, 15) is 4.79 Å². The van der Waals surface area contributed by atoms with Gasteiger partial charge >= 0.3 is 0 Å². The molecule has 0 aliphatic heterocycles. The van der Waals surface area contributed by atoms with Crippen LogP contribution < -0.4 is 10.5 Å². The Labute approximate surface area is 80.8 Å². The molecule has 1 amide bonds. The van der Waals surface area contributed by atoms with E-state index in [2.05, 4.69) is 5.16 Å². The fraction of sp³-hybridized carbons (Fsp3) is 0.111. The van der Waals surface area contributed by atoms with Gasteiger partial charge in [-0.15, -0.1) is 0 Å². The molecule has 0 atom stereocenters. The number of ether oxygens (including phenoxy) is 1. The van der Waals surface area contributed by atoms with Gasteiger partial charge in [0.2, 0.25) is 0 Å². The van der Waals surface area contributed by atoms with E-state index in [1.54, 1.807) is 24.3 Å². The highest BCUT2D eigenvalue weighted by Crippen LogP contribution is 2.15. The Morgan fingerprint density at radius 2 is 2.29 bits per heavy atom. The number of oxime groups is 1. The van der Waals surface area contributed by atoms with Crippen LogP contribution in [0.5, 0.6) is 5.75 Å². The Bertz CT molecular complexity index is 350. The number of rotatable bonds is 4. The summed E-state index contributed by atoms with van der Waals surface area (Å²) in [6.07, 6.45) is 1.22. The lowest BCUT2D eigenvalue weighted by Gasteiger charge is -2.05. The van der Waals surface area contributed by atoms with E-state index < -0.39 is 5.91 Å². The van der Waals surface area contributed by atoms with Crippen molar-refractivity contribution in [3.63, 3.8) is 0 Å². The number of nitrogens with zero attached hydrogens (tertiary/aromatic N) is 1. The molecule has 0 heterocycles. The van der Waals surface area contributed by atoms with Gasteiger partial charge in [-0.3, -0.25) is 4.79 Å². The Hall–Kier alpha value is -2.04. The first-order valence-electron chi connectivity index (χ1n) is 3.91. The van der Waals surface area contributed by atoms with Crippen molar-refractivity contribution in [3.8, 4) is 5.75 Å². The van der Waals surface area contributed by atoms with Crippen LogP contribution in [0.15, 0.2) is 29.4 Å². The standard InChI is InChI=1S/C9H10N2O3/c10-9(12)6-14-8-4-2-1-3-7(8)5-11-13/h1-5,13H,6H2,(H2,10,12). The number of para-hydroxylation sites is 1. The molecule has 0 bridgehead atoms. The fourth-order valence-electron chi connectivity index (χ4n) is 0.930. The average Bonchev–Trinajstić information content (AvgIpc) is 2.17. The van der Waals surface area contributed by atoms with Gasteiger partial charge in [0, 0.05) is 5.56 Å². The highest BCUT2D eigenvalue weighted by atomic mass is 16.5. The number of amides is 1. The monoisotopic (exact) mass is 194 g/mol. The number of hydrogen-bond acceptors (Lipinski definition) is 4. The number of primary amides is 1. The highest BCUT2D eigenvalue weighted by Gasteiger charge is 2.01. The van der Waals surface area contributed by atoms with Crippen LogP contribution in [0, 0.1) is 0 Å². The van der Waals surface area contributed by atoms with Crippen molar-refractivity contribution in [2.45, 2.75) is 0 Å². The molecule has 0 fully saturated rings. The molecule has 0 unspecified atom stereocenters. The third kappa shape index (κ3) is 2.78. The van der Waals surface area contributed by atoms with Crippen LogP contribution in [-0.2, 0) is 4.79 Å². The van der Waals surface area contributed by atoms with E-state index in [1.807, 2.05) is 0 Å². The van der Waals surface area contributed by atoms with E-state index in [0.29, 0.717) is 11.3 Å². The second-order valence-corrected chi connectivity index (χ2v) is 2.54. The van der Waals surface area contributed by atoms with Gasteiger partial charge in [-0.1, -0.05) is 17.3 Å². The van der Waals surface area contributed by atoms with Crippen LogP contribution in [0.4, 0.5) is 0 Å². The van der Waals surface area contributed by atoms with E-state index in [-0.39, 0.29) is 6.61 Å². The number of carbonyl (C=O) groups is 1. The highest BCUT2D eigenvalue weighted by molar-refractivity contribution is 5.83. The largest absolute Gasteiger partial charge is 0.483 e. The van der Waals surface area contributed by atoms with Crippen molar-refractivity contribution < 1.29 is 14.7 Å². The molecule has 0 radical (unpaired) electrons. The number of carbonyl (C=O) groups excluding carboxylic acids is 1. The van der Waals surface area contributed by atoms with Crippen LogP contribution in [-0.4, -0.2) is 23.9 Å². The smallest absolute Gasteiger partial charge is 0.255 e. The predicted molar refractivity (Wildman–Crippen MR) is 50.5 cm³/mol. The maximum Gasteiger partial charge on any atom is 0.255 e. The van der Waals surface area contributed by atoms with Crippen LogP contribution in [0.25, 0.3) is 0 Å². The van der Waals surface area contributed by atoms with Crippen molar-refractivity contribution in [2.24, 2.45) is 10.9 Å². The zero-order valence-corrected chi connectivity index (χ0v) is 7.38. The van der Waals surface area contributed by atoms with Gasteiger partial charge in [0.25, 0.3) is 5.91 Å². The van der Waals surface area contributed by atoms with Crippen LogP contribution >= 0.6 is 0 Å². The molecule has 1 aromatic rings. The maximum absolute atomic E-state index is 10.5. The number of benzene rings is 1. The molecule has 1 aromatic carbocycles. The fourth-order valence-corrected chi connectivity index (χ4v) is 0.930. The molecule has 0 aromatic heterocycles. The predicted octanol–water partition coefficient (Wildman–Crippen LogP) is 0.359. The molecule has 0 spiro atoms. The van der Waals surface area contributed by atoms with E-state index >= 15 is 0 Å². The molecule has 3 N–H and O–H groups in total. The van der Waals surface area contributed by atoms with Crippen molar-refractivity contribution in [3.05, 3.63) is 29.8 Å². The Morgan fingerprint density at radius 3 is 2.93 bits per heavy atom. The molecule has 0 saturated heterocycles. The topological polar surface area (TPSA) is 84.9 Å². The molecule has 5 heteroatoms. The lowest BCUT2D eigenvalue weighted by atomic mass is 10.2. The summed E-state index contributed by atoms with van der Waals surface area (Å²) in [4.78, 5) is 10.5. The molecular weight excluding hydrogens is 184 g/mol. The van der Waals surface area contributed by atoms with Gasteiger partial charge in [0.05, 0.1) is 6.21 Å². The number of hydrogen-bond donors (Lipinski definition) is 2. The first-order valence-corrected chi connectivity index (χ1v) is 3.91. The first-order chi connectivity index (χ1) is 6.74. The Balaban J connectivity index is 2.79. The zero-order valence-electron chi connectivity index (χ0n) is 7.38. The maximum atomic E-state index is 10.5. The van der Waals surface area contributed by atoms with Gasteiger partial charge in [0.15, 0.2) is 6.61 Å². The zero-order chi connectivity index (χ0) is 10.4. The minimum absolute atomic E-state index is 0.198. The van der Waals surface area contributed by atoms with Gasteiger partial charge in [-0.05, 0) is 12.1 Å². The molecule has 1 rings (SSSR count). The summed E-state index contributed by atoms with van der Waals surface area (Å²) in [5, 5.41) is 11.2. The number of nitrogens with two attached hydrogens (primary N) is 1. The van der Waals surface area contributed by atoms with Gasteiger partial charge in [-0.25, -0.2) is 0 Å². The third-order valence-corrected chi connectivity index (χ3v) is 1.49. The Morgan fingerprint density at radius 1 is 1.57 bits per heavy atom. The lowest BCUT2D eigenvalue weighted by molar-refractivity contribution is -0.119. The van der Waals surface area contributed by atoms with Gasteiger partial charge in [-0.2, -0.15) is 0 Å². The third-order valence-electron chi connectivity index (χ3n) is 1.49. The molecule has 74 valence electrons. The summed E-state index contributed by atoms with van der Waals surface area (Å²) >= 11 is 0. The Kier molecular flexibility index (Phi) is 3.49. The summed E-state index contributed by atoms with van der Waals surface area (Å²) < 4.78 is 5.07. The molecule has 14 heavy (non-hydrogen) atoms. The summed E-state index contributed by atoms with van der Waals surface area (Å²) in [6.45, 7) is -0.198. The quantitative estimate of drug-likeness (QED) is 0.412. The minimum atomic E-state index is -0.555. The second-order valence-electron chi connectivity index (χ2n) is 2.54. The van der Waals surface area contributed by atoms with Gasteiger partial charge < -0.3 is 15.7 Å². The van der Waals surface area contributed by atoms with E-state index in [4.69, 9.17) is 15.7 Å². The van der Waals surface area contributed by atoms with E-state index in [0.717, 1.165) is 0 Å². The van der Waals surface area contributed by atoms with Gasteiger partial charge in [0.1, 0.15) is 5.75 Å². The second kappa shape index (κ2) is 4.86. The van der Waals surface area contributed by atoms with Crippen molar-refractivity contribution in [1.29, 1.82) is 0 Å². The SMILES string of the molecule is NC(=O)COc1ccccc1C=NO. The summed E-state index contributed by atoms with van der Waals surface area (Å²) in [5.74, 6) is -0.107. The minimum Gasteiger partial charge on any atom is -0.483 e. The van der Waals surface area contributed by atoms with Crippen molar-refractivity contribution in [1.82, 2.24) is 0 Å². The van der Waals surface area contributed by atoms with E-state index in [1.165, 1.54) is 6.21 Å². The normalized spacial score (nSPS) is 10.3. The molecule has 0 aliphatic carbocycles. The molecule has 0 saturated carbocycles. The van der Waals surface area contributed by atoms with Crippen LogP contribution in [0.2, 0.25) is 0 Å². The summed E-state index contributed by atoms with van der Waals surface area (Å²) in [5.41, 5.74) is 5.50. The first kappa shape index (κ1) is 10.0. The molecular formula is C9H10N2O3. The molecule has 5 nitrogen and oxygen atoms in total. The summed E-state index contributed by atoms with van der Waals surface area (Å²) in [6, 6.07) is 6.84. The van der Waals surface area contributed by atoms with Crippen molar-refractivity contribution >= 4 is 12.1 Å². The van der Waals surface area contributed by atoms with Crippen LogP contribution in [0.3, 0.4) is 0 Å². The average molecular weight is 194 g/mol. The van der Waals surface area contributed by atoms with Crippen LogP contribution in [0.1, 0.15) is 5.56 Å². The summed E-state index contributed by atoms with van der Waals surface area (Å²) in [7, 11) is 0. The lowest BCUT2D eigenvalue weighted by Crippen LogP contribution is -2.20. The molecule has 0 aliphatic rings. The van der Waals surface area contributed by atoms with Crippen molar-refractivity contribution in [2.75, 3.05) is 6.61 Å².